The van der Waals surface area contributed by atoms with Gasteiger partial charge in [-0.3, -0.25) is 0 Å². The van der Waals surface area contributed by atoms with Gasteiger partial charge in [0, 0.05) is 6.20 Å². The van der Waals surface area contributed by atoms with Crippen LogP contribution in [0.4, 0.5) is 14.7 Å². The molecule has 27 heavy (non-hydrogen) atoms. The third kappa shape index (κ3) is 4.06. The Morgan fingerprint density at radius 2 is 1.89 bits per heavy atom. The first-order valence-corrected chi connectivity index (χ1v) is 10.6. The van der Waals surface area contributed by atoms with Gasteiger partial charge in [-0.05, 0) is 30.2 Å². The second-order valence-electron chi connectivity index (χ2n) is 5.31. The minimum atomic E-state index is -4.13. The molecule has 0 amide bonds. The highest BCUT2D eigenvalue weighted by atomic mass is 35.5. The molecule has 142 valence electrons. The van der Waals surface area contributed by atoms with Gasteiger partial charge in [0.25, 0.3) is 10.0 Å². The van der Waals surface area contributed by atoms with Crippen LogP contribution in [0.2, 0.25) is 8.67 Å². The van der Waals surface area contributed by atoms with Gasteiger partial charge in [0.2, 0.25) is 5.95 Å². The van der Waals surface area contributed by atoms with Crippen LogP contribution in [0.25, 0.3) is 11.3 Å². The molecule has 11 heteroatoms. The average Bonchev–Trinajstić information content (AvgIpc) is 2.94. The number of hydrogen-bond acceptors (Lipinski definition) is 5. The van der Waals surface area contributed by atoms with Crippen molar-refractivity contribution in [1.29, 1.82) is 0 Å². The fraction of sp³-hybridized carbons (Fsp3) is 0.125. The van der Waals surface area contributed by atoms with Crippen LogP contribution >= 0.6 is 34.5 Å². The summed E-state index contributed by atoms with van der Waals surface area (Å²) in [6.45, 7) is 1.76. The van der Waals surface area contributed by atoms with Gasteiger partial charge in [0.15, 0.2) is 0 Å². The van der Waals surface area contributed by atoms with Crippen molar-refractivity contribution in [2.75, 3.05) is 4.72 Å². The summed E-state index contributed by atoms with van der Waals surface area (Å²) in [5, 5.41) is 0. The predicted molar refractivity (Wildman–Crippen MR) is 102 cm³/mol. The van der Waals surface area contributed by atoms with E-state index >= 15 is 0 Å². The molecule has 0 fully saturated rings. The molecule has 0 unspecified atom stereocenters. The summed E-state index contributed by atoms with van der Waals surface area (Å²) in [5.41, 5.74) is 0.0719. The molecule has 2 aromatic heterocycles. The van der Waals surface area contributed by atoms with Crippen LogP contribution in [0.3, 0.4) is 0 Å². The molecule has 0 aliphatic rings. The minimum Gasteiger partial charge on any atom is -0.247 e. The number of nitrogens with zero attached hydrogens (tertiary/aromatic N) is 2. The zero-order valence-corrected chi connectivity index (χ0v) is 16.8. The van der Waals surface area contributed by atoms with Gasteiger partial charge in [0.1, 0.15) is 20.9 Å². The van der Waals surface area contributed by atoms with Gasteiger partial charge in [0.05, 0.1) is 15.6 Å². The van der Waals surface area contributed by atoms with Gasteiger partial charge in [-0.1, -0.05) is 36.2 Å². The molecule has 5 nitrogen and oxygen atoms in total. The molecule has 0 spiro atoms. The van der Waals surface area contributed by atoms with E-state index in [1.807, 2.05) is 0 Å². The molecule has 3 rings (SSSR count). The number of benzene rings is 1. The lowest BCUT2D eigenvalue weighted by Crippen LogP contribution is -2.15. The van der Waals surface area contributed by atoms with Crippen molar-refractivity contribution in [1.82, 2.24) is 9.97 Å². The maximum absolute atomic E-state index is 14.2. The summed E-state index contributed by atoms with van der Waals surface area (Å²) in [7, 11) is -4.13. The van der Waals surface area contributed by atoms with E-state index in [4.69, 9.17) is 23.2 Å². The molecule has 0 saturated heterocycles. The number of sulfonamides is 1. The number of halogens is 4. The summed E-state index contributed by atoms with van der Waals surface area (Å²) in [4.78, 5) is 7.72. The lowest BCUT2D eigenvalue weighted by molar-refractivity contribution is 0.588. The Bertz CT molecular complexity index is 1100. The van der Waals surface area contributed by atoms with Crippen LogP contribution < -0.4 is 4.72 Å². The molecule has 0 aliphatic heterocycles. The highest BCUT2D eigenvalue weighted by Gasteiger charge is 2.23. The van der Waals surface area contributed by atoms with Gasteiger partial charge >= 0.3 is 0 Å². The SMILES string of the molecule is CCc1cnc(NS(=O)(=O)c2cc(Cl)sc2Cl)nc1-c1c(F)cccc1F. The Morgan fingerprint density at radius 3 is 2.44 bits per heavy atom. The summed E-state index contributed by atoms with van der Waals surface area (Å²) in [5.74, 6) is -1.97. The number of hydrogen-bond donors (Lipinski definition) is 1. The molecule has 0 aliphatic carbocycles. The van der Waals surface area contributed by atoms with Gasteiger partial charge < -0.3 is 0 Å². The normalized spacial score (nSPS) is 11.6. The van der Waals surface area contributed by atoms with Gasteiger partial charge in [-0.15, -0.1) is 11.3 Å². The Balaban J connectivity index is 2.07. The van der Waals surface area contributed by atoms with Crippen LogP contribution in [0, 0.1) is 11.6 Å². The third-order valence-electron chi connectivity index (χ3n) is 3.59. The number of aromatic nitrogens is 2. The molecule has 0 saturated carbocycles. The Hall–Kier alpha value is -1.81. The Labute approximate surface area is 168 Å². The van der Waals surface area contributed by atoms with Gasteiger partial charge in [-0.25, -0.2) is 31.9 Å². The minimum absolute atomic E-state index is 0.0296. The average molecular weight is 450 g/mol. The fourth-order valence-corrected chi connectivity index (χ4v) is 5.44. The van der Waals surface area contributed by atoms with Crippen molar-refractivity contribution in [2.45, 2.75) is 18.2 Å². The van der Waals surface area contributed by atoms with Crippen molar-refractivity contribution in [3.8, 4) is 11.3 Å². The van der Waals surface area contributed by atoms with Crippen LogP contribution in [0.15, 0.2) is 35.4 Å². The fourth-order valence-electron chi connectivity index (χ4n) is 2.34. The van der Waals surface area contributed by atoms with Crippen molar-refractivity contribution in [3.63, 3.8) is 0 Å². The Kier molecular flexibility index (Phi) is 5.66. The third-order valence-corrected chi connectivity index (χ3v) is 6.67. The quantitative estimate of drug-likeness (QED) is 0.584. The molecule has 1 N–H and O–H groups in total. The molecule has 2 heterocycles. The second-order valence-corrected chi connectivity index (χ2v) is 9.25. The standard InChI is InChI=1S/C16H11Cl2F2N3O2S2/c1-2-8-7-21-16(22-14(8)13-9(19)4-3-5-10(13)20)23-27(24,25)11-6-12(17)26-15(11)18/h3-7H,2H2,1H3,(H,21,22,23). The molecule has 0 bridgehead atoms. The number of nitrogens with one attached hydrogen (secondary N) is 1. The zero-order valence-electron chi connectivity index (χ0n) is 13.6. The van der Waals surface area contributed by atoms with E-state index in [0.717, 1.165) is 23.5 Å². The molecular formula is C16H11Cl2F2N3O2S2. The van der Waals surface area contributed by atoms with Crippen LogP contribution in [0.5, 0.6) is 0 Å². The van der Waals surface area contributed by atoms with Gasteiger partial charge in [-0.2, -0.15) is 0 Å². The number of aryl methyl sites for hydroxylation is 1. The first-order valence-electron chi connectivity index (χ1n) is 7.51. The van der Waals surface area contributed by atoms with Crippen molar-refractivity contribution < 1.29 is 17.2 Å². The first-order chi connectivity index (χ1) is 12.7. The van der Waals surface area contributed by atoms with E-state index < -0.39 is 21.7 Å². The van der Waals surface area contributed by atoms with Crippen LogP contribution in [-0.2, 0) is 16.4 Å². The predicted octanol–water partition coefficient (Wildman–Crippen LogP) is 5.15. The van der Waals surface area contributed by atoms with E-state index in [1.165, 1.54) is 18.3 Å². The Morgan fingerprint density at radius 1 is 1.22 bits per heavy atom. The highest BCUT2D eigenvalue weighted by Crippen LogP contribution is 2.35. The lowest BCUT2D eigenvalue weighted by Gasteiger charge is -2.12. The lowest BCUT2D eigenvalue weighted by atomic mass is 10.0. The summed E-state index contributed by atoms with van der Waals surface area (Å²) in [6, 6.07) is 4.61. The number of rotatable bonds is 5. The van der Waals surface area contributed by atoms with Crippen LogP contribution in [-0.4, -0.2) is 18.4 Å². The maximum atomic E-state index is 14.2. The second kappa shape index (κ2) is 7.67. The van der Waals surface area contributed by atoms with Crippen LogP contribution in [0.1, 0.15) is 12.5 Å². The largest absolute Gasteiger partial charge is 0.266 e. The summed E-state index contributed by atoms with van der Waals surface area (Å²) < 4.78 is 55.7. The van der Waals surface area contributed by atoms with Crippen molar-refractivity contribution in [3.05, 3.63) is 56.3 Å². The molecule has 0 atom stereocenters. The summed E-state index contributed by atoms with van der Waals surface area (Å²) in [6.07, 6.45) is 1.70. The molecular weight excluding hydrogens is 439 g/mol. The first kappa shape index (κ1) is 19.9. The number of anilines is 1. The topological polar surface area (TPSA) is 72.0 Å². The maximum Gasteiger partial charge on any atom is 0.266 e. The van der Waals surface area contributed by atoms with Crippen molar-refractivity contribution >= 4 is 50.5 Å². The highest BCUT2D eigenvalue weighted by molar-refractivity contribution is 7.93. The smallest absolute Gasteiger partial charge is 0.247 e. The van der Waals surface area contributed by atoms with E-state index in [2.05, 4.69) is 14.7 Å². The molecule has 1 aromatic carbocycles. The molecule has 0 radical (unpaired) electrons. The monoisotopic (exact) mass is 449 g/mol. The van der Waals surface area contributed by atoms with E-state index in [9.17, 15) is 17.2 Å². The molecule has 3 aromatic rings. The van der Waals surface area contributed by atoms with E-state index in [-0.39, 0.29) is 30.8 Å². The van der Waals surface area contributed by atoms with Crippen molar-refractivity contribution in [2.24, 2.45) is 0 Å². The van der Waals surface area contributed by atoms with E-state index in [1.54, 1.807) is 6.92 Å². The zero-order chi connectivity index (χ0) is 19.8. The summed E-state index contributed by atoms with van der Waals surface area (Å²) >= 11 is 12.6. The number of thiophene rings is 1. The van der Waals surface area contributed by atoms with E-state index in [0.29, 0.717) is 12.0 Å².